The second-order valence-corrected chi connectivity index (χ2v) is 7.19. The van der Waals surface area contributed by atoms with Crippen molar-refractivity contribution >= 4 is 35.1 Å². The van der Waals surface area contributed by atoms with E-state index >= 15 is 0 Å². The molecule has 0 aromatic heterocycles. The van der Waals surface area contributed by atoms with Crippen LogP contribution in [0.25, 0.3) is 0 Å². The summed E-state index contributed by atoms with van der Waals surface area (Å²) in [7, 11) is 1.54. The monoisotopic (exact) mass is 435 g/mol. The summed E-state index contributed by atoms with van der Waals surface area (Å²) in [6.07, 6.45) is 2.64. The van der Waals surface area contributed by atoms with Gasteiger partial charge in [0.25, 0.3) is 0 Å². The van der Waals surface area contributed by atoms with E-state index in [1.807, 2.05) is 12.1 Å². The van der Waals surface area contributed by atoms with E-state index in [4.69, 9.17) is 43.8 Å². The van der Waals surface area contributed by atoms with Gasteiger partial charge < -0.3 is 19.9 Å². The molecule has 0 saturated heterocycles. The van der Waals surface area contributed by atoms with E-state index in [0.717, 1.165) is 12.2 Å². The molecule has 0 fully saturated rings. The van der Waals surface area contributed by atoms with Crippen molar-refractivity contribution in [3.05, 3.63) is 52.5 Å². The van der Waals surface area contributed by atoms with Crippen LogP contribution in [-0.4, -0.2) is 31.7 Å². The van der Waals surface area contributed by atoms with Gasteiger partial charge in [-0.05, 0) is 59.9 Å². The highest BCUT2D eigenvalue weighted by molar-refractivity contribution is 7.80. The molecule has 0 aliphatic rings. The number of halogens is 1. The summed E-state index contributed by atoms with van der Waals surface area (Å²) < 4.78 is 16.9. The maximum atomic E-state index is 6.33. The highest BCUT2D eigenvalue weighted by Crippen LogP contribution is 2.36. The van der Waals surface area contributed by atoms with E-state index in [-0.39, 0.29) is 5.11 Å². The third kappa shape index (κ3) is 7.11. The molecule has 0 radical (unpaired) electrons. The zero-order valence-electron chi connectivity index (χ0n) is 16.8. The lowest BCUT2D eigenvalue weighted by Gasteiger charge is -2.14. The van der Waals surface area contributed by atoms with Crippen molar-refractivity contribution in [3.8, 4) is 17.2 Å². The molecule has 0 aliphatic carbocycles. The Morgan fingerprint density at radius 2 is 1.93 bits per heavy atom. The number of rotatable bonds is 10. The number of hydrazone groups is 1. The van der Waals surface area contributed by atoms with Gasteiger partial charge in [-0.2, -0.15) is 5.10 Å². The van der Waals surface area contributed by atoms with E-state index < -0.39 is 0 Å². The summed E-state index contributed by atoms with van der Waals surface area (Å²) in [6, 6.07) is 11.6. The van der Waals surface area contributed by atoms with Gasteiger partial charge in [-0.15, -0.1) is 0 Å². The quantitative estimate of drug-likeness (QED) is 0.248. The fourth-order valence-corrected chi connectivity index (χ4v) is 2.88. The number of thiocarbonyl (C=S) groups is 1. The van der Waals surface area contributed by atoms with Crippen LogP contribution in [0, 0.1) is 0 Å². The number of hydrogen-bond acceptors (Lipinski definition) is 5. The molecule has 1 unspecified atom stereocenters. The number of nitrogens with one attached hydrogen (secondary N) is 1. The summed E-state index contributed by atoms with van der Waals surface area (Å²) in [5, 5.41) is 4.38. The zero-order chi connectivity index (χ0) is 21.2. The first-order chi connectivity index (χ1) is 13.9. The van der Waals surface area contributed by atoms with Gasteiger partial charge >= 0.3 is 0 Å². The van der Waals surface area contributed by atoms with Crippen molar-refractivity contribution in [2.75, 3.05) is 20.3 Å². The molecular weight excluding hydrogens is 410 g/mol. The normalized spacial score (nSPS) is 11.9. The molecule has 0 saturated carbocycles. The summed E-state index contributed by atoms with van der Waals surface area (Å²) in [6.45, 7) is 5.09. The fourth-order valence-electron chi connectivity index (χ4n) is 2.56. The van der Waals surface area contributed by atoms with Crippen molar-refractivity contribution in [3.63, 3.8) is 0 Å². The Labute approximate surface area is 182 Å². The van der Waals surface area contributed by atoms with Gasteiger partial charge in [-0.3, -0.25) is 5.43 Å². The second kappa shape index (κ2) is 11.5. The molecule has 2 rings (SSSR count). The third-order valence-corrected chi connectivity index (χ3v) is 4.67. The zero-order valence-corrected chi connectivity index (χ0v) is 18.3. The van der Waals surface area contributed by atoms with E-state index in [2.05, 4.69) is 36.5 Å². The Morgan fingerprint density at radius 3 is 2.55 bits per heavy atom. The highest BCUT2D eigenvalue weighted by Gasteiger charge is 2.12. The van der Waals surface area contributed by atoms with Gasteiger partial charge in [0.2, 0.25) is 0 Å². The second-order valence-electron chi connectivity index (χ2n) is 6.34. The topological polar surface area (TPSA) is 78.1 Å². The molecule has 1 atom stereocenters. The molecule has 0 amide bonds. The van der Waals surface area contributed by atoms with Crippen molar-refractivity contribution < 1.29 is 14.2 Å². The summed E-state index contributed by atoms with van der Waals surface area (Å²) in [5.41, 5.74) is 9.82. The lowest BCUT2D eigenvalue weighted by atomic mass is 9.99. The average molecular weight is 436 g/mol. The summed E-state index contributed by atoms with van der Waals surface area (Å²) in [5.74, 6) is 2.28. The van der Waals surface area contributed by atoms with Gasteiger partial charge in [0.15, 0.2) is 16.6 Å². The van der Waals surface area contributed by atoms with Crippen LogP contribution in [0.1, 0.15) is 37.3 Å². The summed E-state index contributed by atoms with van der Waals surface area (Å²) >= 11 is 11.0. The average Bonchev–Trinajstić information content (AvgIpc) is 2.71. The smallest absolute Gasteiger partial charge is 0.184 e. The predicted octanol–water partition coefficient (Wildman–Crippen LogP) is 4.49. The van der Waals surface area contributed by atoms with Crippen LogP contribution in [0.15, 0.2) is 41.5 Å². The van der Waals surface area contributed by atoms with Gasteiger partial charge in [-0.1, -0.05) is 37.6 Å². The van der Waals surface area contributed by atoms with Gasteiger partial charge in [0, 0.05) is 0 Å². The SMILES string of the molecule is CCC(C)c1ccc(OCCOc2c(Cl)cc(C=NNC(N)=S)cc2OC)cc1. The van der Waals surface area contributed by atoms with E-state index in [1.54, 1.807) is 19.2 Å². The van der Waals surface area contributed by atoms with Crippen LogP contribution in [0.4, 0.5) is 0 Å². The Bertz CT molecular complexity index is 844. The Kier molecular flexibility index (Phi) is 9.02. The molecule has 0 heterocycles. The van der Waals surface area contributed by atoms with Crippen LogP contribution in [0.3, 0.4) is 0 Å². The maximum Gasteiger partial charge on any atom is 0.184 e. The van der Waals surface area contributed by atoms with Gasteiger partial charge in [0.1, 0.15) is 19.0 Å². The molecule has 6 nitrogen and oxygen atoms in total. The van der Waals surface area contributed by atoms with Crippen LogP contribution in [-0.2, 0) is 0 Å². The van der Waals surface area contributed by atoms with Crippen LogP contribution in [0.5, 0.6) is 17.2 Å². The molecule has 156 valence electrons. The van der Waals surface area contributed by atoms with Gasteiger partial charge in [0.05, 0.1) is 18.3 Å². The minimum atomic E-state index is 0.0776. The number of nitrogens with two attached hydrogens (primary N) is 1. The molecule has 0 bridgehead atoms. The van der Waals surface area contributed by atoms with Crippen molar-refractivity contribution in [2.24, 2.45) is 10.8 Å². The third-order valence-electron chi connectivity index (χ3n) is 4.30. The molecule has 3 N–H and O–H groups in total. The number of ether oxygens (including phenoxy) is 3. The van der Waals surface area contributed by atoms with Crippen LogP contribution in [0.2, 0.25) is 5.02 Å². The number of hydrogen-bond donors (Lipinski definition) is 2. The standard InChI is InChI=1S/C21H26ClN3O3S/c1-4-14(2)16-5-7-17(8-6-16)27-9-10-28-20-18(22)11-15(12-19(20)26-3)13-24-25-21(23)29/h5-8,11-14H,4,9-10H2,1-3H3,(H3,23,25,29). The first-order valence-electron chi connectivity index (χ1n) is 9.26. The molecule has 29 heavy (non-hydrogen) atoms. The first kappa shape index (κ1) is 22.8. The van der Waals surface area contributed by atoms with E-state index in [0.29, 0.717) is 41.2 Å². The van der Waals surface area contributed by atoms with E-state index in [1.165, 1.54) is 11.8 Å². The maximum absolute atomic E-state index is 6.33. The van der Waals surface area contributed by atoms with Crippen LogP contribution >= 0.6 is 23.8 Å². The minimum absolute atomic E-state index is 0.0776. The molecule has 0 aliphatic heterocycles. The first-order valence-corrected chi connectivity index (χ1v) is 10.0. The molecule has 2 aromatic carbocycles. The lowest BCUT2D eigenvalue weighted by molar-refractivity contribution is 0.211. The largest absolute Gasteiger partial charge is 0.493 e. The lowest BCUT2D eigenvalue weighted by Crippen LogP contribution is -2.23. The van der Waals surface area contributed by atoms with Crippen LogP contribution < -0.4 is 25.4 Å². The predicted molar refractivity (Wildman–Crippen MR) is 122 cm³/mol. The Hall–Kier alpha value is -2.51. The Balaban J connectivity index is 1.92. The highest BCUT2D eigenvalue weighted by atomic mass is 35.5. The van der Waals surface area contributed by atoms with Crippen molar-refractivity contribution in [1.29, 1.82) is 0 Å². The van der Waals surface area contributed by atoms with Gasteiger partial charge in [-0.25, -0.2) is 0 Å². The number of nitrogens with zero attached hydrogens (tertiary/aromatic N) is 1. The number of benzene rings is 2. The van der Waals surface area contributed by atoms with Crippen molar-refractivity contribution in [1.82, 2.24) is 5.43 Å². The molecule has 0 spiro atoms. The molecule has 8 heteroatoms. The number of methoxy groups -OCH3 is 1. The van der Waals surface area contributed by atoms with E-state index in [9.17, 15) is 0 Å². The van der Waals surface area contributed by atoms with Crippen molar-refractivity contribution in [2.45, 2.75) is 26.2 Å². The summed E-state index contributed by atoms with van der Waals surface area (Å²) in [4.78, 5) is 0. The molecular formula is C21H26ClN3O3S. The minimum Gasteiger partial charge on any atom is -0.493 e. The fraction of sp³-hybridized carbons (Fsp3) is 0.333. The Morgan fingerprint density at radius 1 is 1.24 bits per heavy atom. The molecule has 2 aromatic rings.